The van der Waals surface area contributed by atoms with Gasteiger partial charge < -0.3 is 9.15 Å². The molecule has 0 saturated carbocycles. The number of ether oxygens (including phenoxy) is 1. The van der Waals surface area contributed by atoms with Crippen molar-refractivity contribution in [2.75, 3.05) is 19.7 Å². The van der Waals surface area contributed by atoms with Gasteiger partial charge in [0.15, 0.2) is 0 Å². The molecule has 1 aliphatic rings. The van der Waals surface area contributed by atoms with Crippen molar-refractivity contribution in [2.45, 2.75) is 26.5 Å². The normalized spacial score (nSPS) is 19.9. The Labute approximate surface area is 129 Å². The minimum Gasteiger partial charge on any atom is -0.444 e. The molecule has 0 N–H and O–H groups in total. The van der Waals surface area contributed by atoms with E-state index in [9.17, 15) is 0 Å². The van der Waals surface area contributed by atoms with Gasteiger partial charge in [-0.25, -0.2) is 4.98 Å². The van der Waals surface area contributed by atoms with Crippen molar-refractivity contribution < 1.29 is 9.15 Å². The Hall–Kier alpha value is -1.36. The number of morpholine rings is 1. The van der Waals surface area contributed by atoms with Gasteiger partial charge in [0.25, 0.3) is 0 Å². The van der Waals surface area contributed by atoms with Crippen LogP contribution < -0.4 is 0 Å². The van der Waals surface area contributed by atoms with Gasteiger partial charge in [-0.05, 0) is 31.5 Å². The number of halogens is 1. The van der Waals surface area contributed by atoms with Crippen molar-refractivity contribution in [3.63, 3.8) is 0 Å². The van der Waals surface area contributed by atoms with Crippen molar-refractivity contribution in [2.24, 2.45) is 0 Å². The van der Waals surface area contributed by atoms with Crippen LogP contribution in [0.5, 0.6) is 0 Å². The highest BCUT2D eigenvalue weighted by Gasteiger charge is 2.23. The molecular formula is C16H19ClN2O2. The molecule has 4 nitrogen and oxygen atoms in total. The van der Waals surface area contributed by atoms with Crippen LogP contribution in [0.4, 0.5) is 0 Å². The Kier molecular flexibility index (Phi) is 4.29. The van der Waals surface area contributed by atoms with E-state index in [1.165, 1.54) is 0 Å². The first-order valence-corrected chi connectivity index (χ1v) is 7.52. The molecule has 1 atom stereocenters. The summed E-state index contributed by atoms with van der Waals surface area (Å²) in [6.45, 7) is 7.08. The number of benzene rings is 1. The lowest BCUT2D eigenvalue weighted by molar-refractivity contribution is -0.0352. The van der Waals surface area contributed by atoms with E-state index in [2.05, 4.69) is 9.88 Å². The van der Waals surface area contributed by atoms with Crippen molar-refractivity contribution in [1.82, 2.24) is 9.88 Å². The van der Waals surface area contributed by atoms with Crippen molar-refractivity contribution in [3.8, 4) is 0 Å². The first-order chi connectivity index (χ1) is 10.1. The summed E-state index contributed by atoms with van der Waals surface area (Å²) in [6, 6.07) is 7.85. The van der Waals surface area contributed by atoms with Gasteiger partial charge in [0, 0.05) is 18.1 Å². The van der Waals surface area contributed by atoms with E-state index < -0.39 is 0 Å². The highest BCUT2D eigenvalue weighted by Crippen LogP contribution is 2.24. The number of aryl methyl sites for hydroxylation is 2. The molecule has 5 heteroatoms. The van der Waals surface area contributed by atoms with Crippen LogP contribution in [-0.4, -0.2) is 29.6 Å². The summed E-state index contributed by atoms with van der Waals surface area (Å²) in [6.07, 6.45) is 0.0770. The Balaban J connectivity index is 1.66. The van der Waals surface area contributed by atoms with Gasteiger partial charge in [0.05, 0.1) is 24.9 Å². The molecule has 1 fully saturated rings. The van der Waals surface area contributed by atoms with Gasteiger partial charge >= 0.3 is 0 Å². The minimum atomic E-state index is 0.0770. The average Bonchev–Trinajstić information content (AvgIpc) is 2.78. The first-order valence-electron chi connectivity index (χ1n) is 7.14. The van der Waals surface area contributed by atoms with Crippen molar-refractivity contribution in [3.05, 3.63) is 52.2 Å². The Bertz CT molecular complexity index is 590. The summed E-state index contributed by atoms with van der Waals surface area (Å²) in [5, 5.41) is 0.747. The smallest absolute Gasteiger partial charge is 0.208 e. The lowest BCUT2D eigenvalue weighted by Crippen LogP contribution is -2.37. The fraction of sp³-hybridized carbons (Fsp3) is 0.438. The number of hydrogen-bond donors (Lipinski definition) is 0. The largest absolute Gasteiger partial charge is 0.444 e. The molecule has 1 aliphatic heterocycles. The molecule has 21 heavy (non-hydrogen) atoms. The van der Waals surface area contributed by atoms with E-state index in [0.717, 1.165) is 47.6 Å². The average molecular weight is 307 g/mol. The van der Waals surface area contributed by atoms with E-state index >= 15 is 0 Å². The van der Waals surface area contributed by atoms with E-state index in [4.69, 9.17) is 20.8 Å². The number of hydrogen-bond acceptors (Lipinski definition) is 4. The van der Waals surface area contributed by atoms with Crippen LogP contribution in [0.25, 0.3) is 0 Å². The maximum absolute atomic E-state index is 5.93. The molecular weight excluding hydrogens is 288 g/mol. The highest BCUT2D eigenvalue weighted by molar-refractivity contribution is 6.30. The second-order valence-corrected chi connectivity index (χ2v) is 5.83. The Morgan fingerprint density at radius 1 is 1.29 bits per heavy atom. The summed E-state index contributed by atoms with van der Waals surface area (Å²) in [4.78, 5) is 6.76. The second kappa shape index (κ2) is 6.18. The summed E-state index contributed by atoms with van der Waals surface area (Å²) >= 11 is 5.93. The number of oxazole rings is 1. The van der Waals surface area contributed by atoms with Crippen LogP contribution in [0.2, 0.25) is 5.02 Å². The van der Waals surface area contributed by atoms with E-state index in [-0.39, 0.29) is 6.10 Å². The molecule has 1 aromatic carbocycles. The van der Waals surface area contributed by atoms with Gasteiger partial charge in [-0.1, -0.05) is 23.7 Å². The molecule has 112 valence electrons. The summed E-state index contributed by atoms with van der Waals surface area (Å²) in [5.74, 6) is 1.68. The minimum absolute atomic E-state index is 0.0770. The summed E-state index contributed by atoms with van der Waals surface area (Å²) in [5.41, 5.74) is 2.12. The molecule has 3 rings (SSSR count). The fourth-order valence-electron chi connectivity index (χ4n) is 2.52. The number of aromatic nitrogens is 1. The van der Waals surface area contributed by atoms with Crippen LogP contribution >= 0.6 is 11.6 Å². The third kappa shape index (κ3) is 3.46. The van der Waals surface area contributed by atoms with Crippen LogP contribution in [0.1, 0.15) is 29.0 Å². The van der Waals surface area contributed by atoms with Gasteiger partial charge in [-0.3, -0.25) is 4.90 Å². The van der Waals surface area contributed by atoms with Crippen LogP contribution in [0, 0.1) is 13.8 Å². The second-order valence-electron chi connectivity index (χ2n) is 5.40. The Morgan fingerprint density at radius 2 is 2.05 bits per heavy atom. The predicted octanol–water partition coefficient (Wildman–Crippen LogP) is 3.52. The summed E-state index contributed by atoms with van der Waals surface area (Å²) in [7, 11) is 0. The van der Waals surface area contributed by atoms with Crippen LogP contribution in [-0.2, 0) is 11.3 Å². The van der Waals surface area contributed by atoms with Crippen molar-refractivity contribution in [1.29, 1.82) is 0 Å². The molecule has 0 aliphatic carbocycles. The van der Waals surface area contributed by atoms with E-state index in [1.807, 2.05) is 38.1 Å². The number of rotatable bonds is 3. The zero-order valence-corrected chi connectivity index (χ0v) is 13.1. The SMILES string of the molecule is Cc1nc(CN2CCO[C@H](c3ccc(Cl)cc3)C2)oc1C. The molecule has 0 radical (unpaired) electrons. The molecule has 2 aromatic rings. The molecule has 0 bridgehead atoms. The molecule has 1 aromatic heterocycles. The quantitative estimate of drug-likeness (QED) is 0.869. The van der Waals surface area contributed by atoms with Gasteiger partial charge in [0.1, 0.15) is 5.76 Å². The third-order valence-corrected chi connectivity index (χ3v) is 4.08. The molecule has 0 spiro atoms. The topological polar surface area (TPSA) is 38.5 Å². The van der Waals surface area contributed by atoms with Gasteiger partial charge in [-0.2, -0.15) is 0 Å². The zero-order valence-electron chi connectivity index (χ0n) is 12.3. The van der Waals surface area contributed by atoms with Crippen molar-refractivity contribution >= 4 is 11.6 Å². The fourth-order valence-corrected chi connectivity index (χ4v) is 2.65. The monoisotopic (exact) mass is 306 g/mol. The van der Waals surface area contributed by atoms with Crippen LogP contribution in [0.3, 0.4) is 0 Å². The molecule has 0 amide bonds. The molecule has 2 heterocycles. The highest BCUT2D eigenvalue weighted by atomic mass is 35.5. The predicted molar refractivity (Wildman–Crippen MR) is 81.4 cm³/mol. The lowest BCUT2D eigenvalue weighted by Gasteiger charge is -2.32. The zero-order chi connectivity index (χ0) is 14.8. The summed E-state index contributed by atoms with van der Waals surface area (Å²) < 4.78 is 11.5. The van der Waals surface area contributed by atoms with Gasteiger partial charge in [-0.15, -0.1) is 0 Å². The van der Waals surface area contributed by atoms with Gasteiger partial charge in [0.2, 0.25) is 5.89 Å². The lowest BCUT2D eigenvalue weighted by atomic mass is 10.1. The first kappa shape index (κ1) is 14.6. The Morgan fingerprint density at radius 3 is 2.71 bits per heavy atom. The molecule has 0 unspecified atom stereocenters. The number of nitrogens with zero attached hydrogens (tertiary/aromatic N) is 2. The standard InChI is InChI=1S/C16H19ClN2O2/c1-11-12(2)21-16(18-11)10-19-7-8-20-15(9-19)13-3-5-14(17)6-4-13/h3-6,15H,7-10H2,1-2H3/t15-/m0/s1. The van der Waals surface area contributed by atoms with Crippen LogP contribution in [0.15, 0.2) is 28.7 Å². The van der Waals surface area contributed by atoms with E-state index in [1.54, 1.807) is 0 Å². The third-order valence-electron chi connectivity index (χ3n) is 3.82. The maximum Gasteiger partial charge on any atom is 0.208 e. The van der Waals surface area contributed by atoms with E-state index in [0.29, 0.717) is 6.61 Å². The maximum atomic E-state index is 5.93. The molecule has 1 saturated heterocycles.